The molecule has 1 aromatic rings. The standard InChI is InChI=1S/C14H17N2O2P/c1-5-18-14(17)13-16-15-12(19-13)11-9(3)6-8(2)7-10(11)4/h6-7,13H,5H2,1-4H3. The molecule has 0 spiro atoms. The molecule has 0 aliphatic carbocycles. The molecule has 0 saturated carbocycles. The predicted octanol–water partition coefficient (Wildman–Crippen LogP) is 3.39. The van der Waals surface area contributed by atoms with Crippen LogP contribution in [-0.4, -0.2) is 23.8 Å². The fourth-order valence-corrected chi connectivity index (χ4v) is 3.34. The second-order valence-corrected chi connectivity index (χ2v) is 5.74. The van der Waals surface area contributed by atoms with Gasteiger partial charge >= 0.3 is 5.97 Å². The van der Waals surface area contributed by atoms with E-state index in [0.717, 1.165) is 19.2 Å². The van der Waals surface area contributed by atoms with Crippen molar-refractivity contribution in [2.45, 2.75) is 33.5 Å². The lowest BCUT2D eigenvalue weighted by molar-refractivity contribution is -0.142. The number of benzene rings is 1. The van der Waals surface area contributed by atoms with E-state index in [1.165, 1.54) is 16.7 Å². The van der Waals surface area contributed by atoms with Gasteiger partial charge in [-0.15, -0.1) is 5.11 Å². The normalized spacial score (nSPS) is 18.3. The van der Waals surface area contributed by atoms with Crippen molar-refractivity contribution in [3.8, 4) is 0 Å². The van der Waals surface area contributed by atoms with Gasteiger partial charge in [0.2, 0.25) is 5.78 Å². The summed E-state index contributed by atoms with van der Waals surface area (Å²) in [6.07, 6.45) is 0. The molecule has 0 saturated heterocycles. The fourth-order valence-electron chi connectivity index (χ4n) is 2.24. The number of carbonyl (C=O) groups is 1. The molecule has 0 N–H and O–H groups in total. The van der Waals surface area contributed by atoms with Crippen molar-refractivity contribution in [3.63, 3.8) is 0 Å². The summed E-state index contributed by atoms with van der Waals surface area (Å²) in [6, 6.07) is 4.25. The third kappa shape index (κ3) is 2.90. The van der Waals surface area contributed by atoms with Gasteiger partial charge in [0, 0.05) is 5.56 Å². The molecule has 0 aromatic heterocycles. The van der Waals surface area contributed by atoms with Gasteiger partial charge in [-0.1, -0.05) is 17.7 Å². The molecule has 5 heteroatoms. The number of nitrogens with zero attached hydrogens (tertiary/aromatic N) is 2. The molecule has 0 radical (unpaired) electrons. The quantitative estimate of drug-likeness (QED) is 0.627. The van der Waals surface area contributed by atoms with Crippen LogP contribution in [0.1, 0.15) is 29.2 Å². The first-order valence-corrected chi connectivity index (χ1v) is 7.22. The average Bonchev–Trinajstić information content (AvgIpc) is 2.77. The van der Waals surface area contributed by atoms with Crippen LogP contribution < -0.4 is 0 Å². The maximum atomic E-state index is 11.6. The first-order valence-electron chi connectivity index (χ1n) is 6.26. The van der Waals surface area contributed by atoms with Gasteiger partial charge in [0.15, 0.2) is 0 Å². The summed E-state index contributed by atoms with van der Waals surface area (Å²) in [5, 5.41) is 8.19. The van der Waals surface area contributed by atoms with Crippen LogP contribution in [0.5, 0.6) is 0 Å². The van der Waals surface area contributed by atoms with Gasteiger partial charge in [0.05, 0.1) is 6.61 Å². The molecule has 0 bridgehead atoms. The van der Waals surface area contributed by atoms with Crippen LogP contribution in [0.15, 0.2) is 22.4 Å². The number of ether oxygens (including phenoxy) is 1. The third-order valence-electron chi connectivity index (χ3n) is 2.90. The number of aryl methyl sites for hydroxylation is 3. The monoisotopic (exact) mass is 276 g/mol. The van der Waals surface area contributed by atoms with E-state index >= 15 is 0 Å². The number of rotatable bonds is 3. The van der Waals surface area contributed by atoms with Gasteiger partial charge < -0.3 is 4.74 Å². The van der Waals surface area contributed by atoms with E-state index in [9.17, 15) is 4.79 Å². The van der Waals surface area contributed by atoms with E-state index in [4.69, 9.17) is 4.74 Å². The molecule has 1 aliphatic heterocycles. The van der Waals surface area contributed by atoms with Crippen molar-refractivity contribution in [2.75, 3.05) is 6.61 Å². The van der Waals surface area contributed by atoms with Crippen molar-refractivity contribution in [2.24, 2.45) is 10.2 Å². The van der Waals surface area contributed by atoms with E-state index in [1.54, 1.807) is 6.92 Å². The Bertz CT molecular complexity index is 556. The SMILES string of the molecule is CCOC(=O)C1N=NC(c2c(C)cc(C)cc2C)=P1. The van der Waals surface area contributed by atoms with Crippen LogP contribution in [-0.2, 0) is 9.53 Å². The second kappa shape index (κ2) is 5.62. The Morgan fingerprint density at radius 3 is 2.53 bits per heavy atom. The number of carbonyl (C=O) groups excluding carboxylic acids is 1. The van der Waals surface area contributed by atoms with Gasteiger partial charge in [0.25, 0.3) is 0 Å². The molecule has 0 amide bonds. The van der Waals surface area contributed by atoms with Crippen LogP contribution in [0.3, 0.4) is 0 Å². The lowest BCUT2D eigenvalue weighted by Gasteiger charge is -2.09. The van der Waals surface area contributed by atoms with Crippen LogP contribution in [0.25, 0.3) is 0 Å². The number of hydrogen-bond acceptors (Lipinski definition) is 4. The maximum absolute atomic E-state index is 11.6. The minimum absolute atomic E-state index is 0.301. The summed E-state index contributed by atoms with van der Waals surface area (Å²) < 4.78 is 4.98. The Hall–Kier alpha value is -1.54. The summed E-state index contributed by atoms with van der Waals surface area (Å²) in [6.45, 7) is 8.36. The summed E-state index contributed by atoms with van der Waals surface area (Å²) >= 11 is 0. The molecular formula is C14H17N2O2P. The Morgan fingerprint density at radius 1 is 1.32 bits per heavy atom. The van der Waals surface area contributed by atoms with Gasteiger partial charge in [-0.3, -0.25) is 0 Å². The minimum atomic E-state index is -0.505. The largest absolute Gasteiger partial charge is 0.464 e. The molecule has 1 unspecified atom stereocenters. The fraction of sp³-hybridized carbons (Fsp3) is 0.429. The zero-order valence-corrected chi connectivity index (χ0v) is 12.5. The molecule has 1 aromatic carbocycles. The Labute approximate surface area is 114 Å². The van der Waals surface area contributed by atoms with E-state index in [0.29, 0.717) is 6.61 Å². The van der Waals surface area contributed by atoms with Gasteiger partial charge in [-0.25, -0.2) is 4.79 Å². The topological polar surface area (TPSA) is 51.0 Å². The zero-order chi connectivity index (χ0) is 14.0. The van der Waals surface area contributed by atoms with Crippen molar-refractivity contribution in [3.05, 3.63) is 34.4 Å². The van der Waals surface area contributed by atoms with E-state index in [1.807, 2.05) is 0 Å². The molecule has 100 valence electrons. The van der Waals surface area contributed by atoms with Crippen molar-refractivity contribution < 1.29 is 9.53 Å². The van der Waals surface area contributed by atoms with Crippen LogP contribution in [0.4, 0.5) is 0 Å². The molecule has 0 fully saturated rings. The van der Waals surface area contributed by atoms with E-state index in [-0.39, 0.29) is 5.97 Å². The first kappa shape index (κ1) is 13.9. The minimum Gasteiger partial charge on any atom is -0.464 e. The molecular weight excluding hydrogens is 259 g/mol. The molecule has 2 rings (SSSR count). The maximum Gasteiger partial charge on any atom is 0.341 e. The van der Waals surface area contributed by atoms with Crippen LogP contribution >= 0.6 is 8.20 Å². The number of azo groups is 1. The van der Waals surface area contributed by atoms with Crippen molar-refractivity contribution in [1.29, 1.82) is 0 Å². The summed E-state index contributed by atoms with van der Waals surface area (Å²) in [5.74, 6) is -0.805. The number of esters is 1. The highest BCUT2D eigenvalue weighted by Gasteiger charge is 2.24. The predicted molar refractivity (Wildman–Crippen MR) is 77.0 cm³/mol. The zero-order valence-electron chi connectivity index (χ0n) is 11.6. The molecule has 4 nitrogen and oxygen atoms in total. The molecule has 19 heavy (non-hydrogen) atoms. The first-order chi connectivity index (χ1) is 9.02. The van der Waals surface area contributed by atoms with E-state index < -0.39 is 5.78 Å². The number of hydrogen-bond donors (Lipinski definition) is 0. The van der Waals surface area contributed by atoms with E-state index in [2.05, 4.69) is 43.1 Å². The lowest BCUT2D eigenvalue weighted by Crippen LogP contribution is -2.14. The van der Waals surface area contributed by atoms with Crippen LogP contribution in [0, 0.1) is 20.8 Å². The third-order valence-corrected chi connectivity index (χ3v) is 4.02. The summed E-state index contributed by atoms with van der Waals surface area (Å²) in [4.78, 5) is 11.6. The second-order valence-electron chi connectivity index (χ2n) is 4.57. The summed E-state index contributed by atoms with van der Waals surface area (Å²) in [5.41, 5.74) is 5.52. The lowest BCUT2D eigenvalue weighted by atomic mass is 10.00. The van der Waals surface area contributed by atoms with Crippen molar-refractivity contribution in [1.82, 2.24) is 0 Å². The highest BCUT2D eigenvalue weighted by molar-refractivity contribution is 7.43. The summed E-state index contributed by atoms with van der Waals surface area (Å²) in [7, 11) is 0.806. The highest BCUT2D eigenvalue weighted by atomic mass is 31.1. The van der Waals surface area contributed by atoms with Gasteiger partial charge in [-0.05, 0) is 47.0 Å². The smallest absolute Gasteiger partial charge is 0.341 e. The Kier molecular flexibility index (Phi) is 4.11. The van der Waals surface area contributed by atoms with Crippen molar-refractivity contribution >= 4 is 19.6 Å². The van der Waals surface area contributed by atoms with Crippen LogP contribution in [0.2, 0.25) is 0 Å². The highest BCUT2D eigenvalue weighted by Crippen LogP contribution is 2.29. The molecule has 1 heterocycles. The molecule has 1 atom stereocenters. The average molecular weight is 276 g/mol. The van der Waals surface area contributed by atoms with Gasteiger partial charge in [-0.2, -0.15) is 5.11 Å². The van der Waals surface area contributed by atoms with Gasteiger partial charge in [0.1, 0.15) is 5.42 Å². The molecule has 1 aliphatic rings. The Balaban J connectivity index is 2.33. The Morgan fingerprint density at radius 2 is 1.95 bits per heavy atom.